The van der Waals surface area contributed by atoms with Gasteiger partial charge in [-0.15, -0.1) is 0 Å². The maximum absolute atomic E-state index is 12.8. The summed E-state index contributed by atoms with van der Waals surface area (Å²) in [5.41, 5.74) is 2.04. The van der Waals surface area contributed by atoms with Gasteiger partial charge in [0.25, 0.3) is 5.91 Å². The van der Waals surface area contributed by atoms with E-state index in [1.165, 1.54) is 5.56 Å². The number of carbonyl (C=O) groups is 1. The van der Waals surface area contributed by atoms with E-state index in [0.717, 1.165) is 38.2 Å². The van der Waals surface area contributed by atoms with Gasteiger partial charge in [-0.3, -0.25) is 4.79 Å². The monoisotopic (exact) mass is 353 g/mol. The highest BCUT2D eigenvalue weighted by atomic mass is 16.5. The predicted molar refractivity (Wildman–Crippen MR) is 104 cm³/mol. The Bertz CT molecular complexity index is 688. The van der Waals surface area contributed by atoms with Gasteiger partial charge in [-0.1, -0.05) is 30.3 Å². The topological polar surface area (TPSA) is 54.5 Å². The maximum Gasteiger partial charge on any atom is 0.255 e. The number of methoxy groups -OCH3 is 1. The molecule has 0 saturated carbocycles. The van der Waals surface area contributed by atoms with E-state index in [2.05, 4.69) is 40.6 Å². The Balaban J connectivity index is 1.58. The first-order valence-electron chi connectivity index (χ1n) is 9.31. The van der Waals surface area contributed by atoms with Gasteiger partial charge in [-0.2, -0.15) is 0 Å². The van der Waals surface area contributed by atoms with Gasteiger partial charge in [-0.25, -0.2) is 4.98 Å². The standard InChI is InChI=1S/C21H27N3O2/c1-26-15-12-22-20-10-9-19(16-23-20)21(25)24-13-5-8-18(11-14-24)17-6-3-2-4-7-17/h2-4,6-7,9-10,16,18H,5,8,11-15H2,1H3,(H,22,23)/t18-/m0/s1. The molecule has 0 spiro atoms. The van der Waals surface area contributed by atoms with Gasteiger partial charge in [0, 0.05) is 32.9 Å². The van der Waals surface area contributed by atoms with Crippen LogP contribution in [0.25, 0.3) is 0 Å². The smallest absolute Gasteiger partial charge is 0.255 e. The van der Waals surface area contributed by atoms with Crippen LogP contribution < -0.4 is 5.32 Å². The number of ether oxygens (including phenoxy) is 1. The molecule has 26 heavy (non-hydrogen) atoms. The fourth-order valence-electron chi connectivity index (χ4n) is 3.45. The van der Waals surface area contributed by atoms with E-state index in [4.69, 9.17) is 4.74 Å². The van der Waals surface area contributed by atoms with Crippen molar-refractivity contribution in [2.24, 2.45) is 0 Å². The Morgan fingerprint density at radius 2 is 2.04 bits per heavy atom. The second-order valence-corrected chi connectivity index (χ2v) is 6.68. The molecule has 0 bridgehead atoms. The molecule has 3 rings (SSSR count). The zero-order chi connectivity index (χ0) is 18.2. The summed E-state index contributed by atoms with van der Waals surface area (Å²) < 4.78 is 5.01. The lowest BCUT2D eigenvalue weighted by Gasteiger charge is -2.21. The fraction of sp³-hybridized carbons (Fsp3) is 0.429. The molecule has 1 aliphatic rings. The van der Waals surface area contributed by atoms with E-state index < -0.39 is 0 Å². The Labute approximate surface area is 155 Å². The summed E-state index contributed by atoms with van der Waals surface area (Å²) >= 11 is 0. The lowest BCUT2D eigenvalue weighted by Crippen LogP contribution is -2.32. The van der Waals surface area contributed by atoms with Crippen LogP contribution in [0.4, 0.5) is 5.82 Å². The number of nitrogens with one attached hydrogen (secondary N) is 1. The number of benzene rings is 1. The van der Waals surface area contributed by atoms with Crippen molar-refractivity contribution in [2.45, 2.75) is 25.2 Å². The third kappa shape index (κ3) is 4.82. The molecule has 0 radical (unpaired) electrons. The first kappa shape index (κ1) is 18.4. The van der Waals surface area contributed by atoms with Crippen molar-refractivity contribution < 1.29 is 9.53 Å². The Morgan fingerprint density at radius 3 is 2.77 bits per heavy atom. The minimum absolute atomic E-state index is 0.0784. The first-order valence-corrected chi connectivity index (χ1v) is 9.31. The molecule has 1 saturated heterocycles. The van der Waals surface area contributed by atoms with Crippen molar-refractivity contribution in [3.8, 4) is 0 Å². The number of rotatable bonds is 6. The van der Waals surface area contributed by atoms with Crippen molar-refractivity contribution in [1.82, 2.24) is 9.88 Å². The van der Waals surface area contributed by atoms with Gasteiger partial charge in [0.05, 0.1) is 12.2 Å². The molecule has 1 fully saturated rings. The zero-order valence-corrected chi connectivity index (χ0v) is 15.4. The molecule has 5 heteroatoms. The number of pyridine rings is 1. The molecule has 1 N–H and O–H groups in total. The number of carbonyl (C=O) groups excluding carboxylic acids is 1. The van der Waals surface area contributed by atoms with Gasteiger partial charge in [0.1, 0.15) is 5.82 Å². The number of hydrogen-bond donors (Lipinski definition) is 1. The molecule has 0 aliphatic carbocycles. The lowest BCUT2D eigenvalue weighted by molar-refractivity contribution is 0.0760. The van der Waals surface area contributed by atoms with Crippen LogP contribution in [0.5, 0.6) is 0 Å². The number of aromatic nitrogens is 1. The maximum atomic E-state index is 12.8. The van der Waals surface area contributed by atoms with Gasteiger partial charge >= 0.3 is 0 Å². The van der Waals surface area contributed by atoms with E-state index in [0.29, 0.717) is 24.6 Å². The van der Waals surface area contributed by atoms with E-state index in [1.54, 1.807) is 13.3 Å². The molecular weight excluding hydrogens is 326 g/mol. The van der Waals surface area contributed by atoms with E-state index in [9.17, 15) is 4.79 Å². The predicted octanol–water partition coefficient (Wildman–Crippen LogP) is 3.55. The third-order valence-corrected chi connectivity index (χ3v) is 4.91. The number of nitrogens with zero attached hydrogens (tertiary/aromatic N) is 2. The molecule has 1 aromatic carbocycles. The normalized spacial score (nSPS) is 17.6. The molecule has 138 valence electrons. The summed E-state index contributed by atoms with van der Waals surface area (Å²) in [4.78, 5) is 19.1. The third-order valence-electron chi connectivity index (χ3n) is 4.91. The fourth-order valence-corrected chi connectivity index (χ4v) is 3.45. The Morgan fingerprint density at radius 1 is 1.19 bits per heavy atom. The molecular formula is C21H27N3O2. The molecule has 2 aromatic rings. The van der Waals surface area contributed by atoms with Crippen molar-refractivity contribution in [3.63, 3.8) is 0 Å². The van der Waals surface area contributed by atoms with Crippen LogP contribution in [0.15, 0.2) is 48.7 Å². The quantitative estimate of drug-likeness (QED) is 0.807. The number of likely N-dealkylation sites (tertiary alicyclic amines) is 1. The summed E-state index contributed by atoms with van der Waals surface area (Å²) in [6.07, 6.45) is 4.85. The number of anilines is 1. The summed E-state index contributed by atoms with van der Waals surface area (Å²) in [6.45, 7) is 2.94. The van der Waals surface area contributed by atoms with Crippen molar-refractivity contribution in [2.75, 3.05) is 38.7 Å². The molecule has 5 nitrogen and oxygen atoms in total. The van der Waals surface area contributed by atoms with Gasteiger partial charge in [0.15, 0.2) is 0 Å². The molecule has 1 aromatic heterocycles. The van der Waals surface area contributed by atoms with Crippen LogP contribution in [0, 0.1) is 0 Å². The van der Waals surface area contributed by atoms with Crippen LogP contribution >= 0.6 is 0 Å². The zero-order valence-electron chi connectivity index (χ0n) is 15.4. The van der Waals surface area contributed by atoms with Gasteiger partial charge < -0.3 is 15.0 Å². The molecule has 1 amide bonds. The van der Waals surface area contributed by atoms with Gasteiger partial charge in [-0.05, 0) is 42.9 Å². The van der Waals surface area contributed by atoms with Crippen LogP contribution in [-0.4, -0.2) is 49.1 Å². The van der Waals surface area contributed by atoms with Crippen LogP contribution in [0.1, 0.15) is 41.1 Å². The number of amides is 1. The second-order valence-electron chi connectivity index (χ2n) is 6.68. The molecule has 0 unspecified atom stereocenters. The summed E-state index contributed by atoms with van der Waals surface area (Å²) in [7, 11) is 1.67. The average molecular weight is 353 g/mol. The minimum Gasteiger partial charge on any atom is -0.383 e. The first-order chi connectivity index (χ1) is 12.8. The van der Waals surface area contributed by atoms with E-state index in [1.807, 2.05) is 17.0 Å². The van der Waals surface area contributed by atoms with E-state index in [-0.39, 0.29) is 5.91 Å². The SMILES string of the molecule is COCCNc1ccc(C(=O)N2CCC[C@H](c3ccccc3)CC2)cn1. The molecule has 1 aliphatic heterocycles. The Kier molecular flexibility index (Phi) is 6.61. The highest BCUT2D eigenvalue weighted by molar-refractivity contribution is 5.94. The summed E-state index contributed by atoms with van der Waals surface area (Å²) in [5.74, 6) is 1.38. The lowest BCUT2D eigenvalue weighted by atomic mass is 9.92. The minimum atomic E-state index is 0.0784. The highest BCUT2D eigenvalue weighted by Crippen LogP contribution is 2.28. The van der Waals surface area contributed by atoms with E-state index >= 15 is 0 Å². The van der Waals surface area contributed by atoms with Crippen LogP contribution in [0.3, 0.4) is 0 Å². The highest BCUT2D eigenvalue weighted by Gasteiger charge is 2.22. The summed E-state index contributed by atoms with van der Waals surface area (Å²) in [6, 6.07) is 14.3. The molecule has 1 atom stereocenters. The van der Waals surface area contributed by atoms with Gasteiger partial charge in [0.2, 0.25) is 0 Å². The van der Waals surface area contributed by atoms with Crippen LogP contribution in [-0.2, 0) is 4.74 Å². The summed E-state index contributed by atoms with van der Waals surface area (Å²) in [5, 5.41) is 3.16. The molecule has 2 heterocycles. The van der Waals surface area contributed by atoms with Crippen molar-refractivity contribution >= 4 is 11.7 Å². The van der Waals surface area contributed by atoms with Crippen LogP contribution in [0.2, 0.25) is 0 Å². The number of hydrogen-bond acceptors (Lipinski definition) is 4. The average Bonchev–Trinajstić information content (AvgIpc) is 2.95. The largest absolute Gasteiger partial charge is 0.383 e. The second kappa shape index (κ2) is 9.34. The van der Waals surface area contributed by atoms with Crippen molar-refractivity contribution in [1.29, 1.82) is 0 Å². The Hall–Kier alpha value is -2.40. The van der Waals surface area contributed by atoms with Crippen molar-refractivity contribution in [3.05, 3.63) is 59.8 Å².